The molecule has 1 unspecified atom stereocenters. The van der Waals surface area contributed by atoms with Gasteiger partial charge in [0.1, 0.15) is 0 Å². The van der Waals surface area contributed by atoms with Gasteiger partial charge in [-0.3, -0.25) is 0 Å². The average molecular weight is 285 g/mol. The van der Waals surface area contributed by atoms with Crippen molar-refractivity contribution >= 4 is 11.3 Å². The summed E-state index contributed by atoms with van der Waals surface area (Å²) in [5.74, 6) is -3.77. The first-order valence-electron chi connectivity index (χ1n) is 5.84. The number of hydrogen-bond acceptors (Lipinski definition) is 2. The number of nitrogens with two attached hydrogens (primary N) is 1. The topological polar surface area (TPSA) is 26.0 Å². The summed E-state index contributed by atoms with van der Waals surface area (Å²) < 4.78 is 40.2. The van der Waals surface area contributed by atoms with Gasteiger partial charge in [0.25, 0.3) is 0 Å². The third-order valence-electron chi connectivity index (χ3n) is 3.28. The van der Waals surface area contributed by atoms with Gasteiger partial charge in [-0.1, -0.05) is 19.1 Å². The lowest BCUT2D eigenvalue weighted by atomic mass is 9.78. The lowest BCUT2D eigenvalue weighted by Gasteiger charge is -2.28. The predicted octanol–water partition coefficient (Wildman–Crippen LogP) is 3.62. The van der Waals surface area contributed by atoms with Crippen molar-refractivity contribution in [1.82, 2.24) is 0 Å². The van der Waals surface area contributed by atoms with Gasteiger partial charge in [-0.25, -0.2) is 13.2 Å². The van der Waals surface area contributed by atoms with Gasteiger partial charge in [0.2, 0.25) is 0 Å². The zero-order valence-corrected chi connectivity index (χ0v) is 11.2. The number of benzene rings is 1. The maximum absolute atomic E-state index is 13.9. The van der Waals surface area contributed by atoms with Crippen molar-refractivity contribution < 1.29 is 13.2 Å². The molecule has 0 saturated heterocycles. The first kappa shape index (κ1) is 14.1. The summed E-state index contributed by atoms with van der Waals surface area (Å²) in [7, 11) is 0. The Hall–Kier alpha value is -1.33. The summed E-state index contributed by atoms with van der Waals surface area (Å²) in [5, 5.41) is 1.91. The molecule has 1 atom stereocenters. The van der Waals surface area contributed by atoms with Gasteiger partial charge in [-0.15, -0.1) is 11.3 Å². The molecule has 0 saturated carbocycles. The normalized spacial score (nSPS) is 14.4. The largest absolute Gasteiger partial charge is 0.330 e. The Balaban J connectivity index is 2.44. The highest BCUT2D eigenvalue weighted by atomic mass is 32.1. The van der Waals surface area contributed by atoms with E-state index in [2.05, 4.69) is 0 Å². The Labute approximate surface area is 113 Å². The third kappa shape index (κ3) is 2.67. The molecule has 102 valence electrons. The molecule has 1 heterocycles. The summed E-state index contributed by atoms with van der Waals surface area (Å²) in [6.45, 7) is 1.90. The van der Waals surface area contributed by atoms with E-state index >= 15 is 0 Å². The molecule has 1 nitrogen and oxygen atoms in total. The second-order valence-corrected chi connectivity index (χ2v) is 5.78. The molecule has 0 spiro atoms. The summed E-state index contributed by atoms with van der Waals surface area (Å²) in [6, 6.07) is 6.01. The van der Waals surface area contributed by atoms with Crippen LogP contribution in [0, 0.1) is 17.5 Å². The lowest BCUT2D eigenvalue weighted by Crippen LogP contribution is -2.35. The van der Waals surface area contributed by atoms with E-state index < -0.39 is 22.9 Å². The van der Waals surface area contributed by atoms with E-state index in [1.807, 2.05) is 17.5 Å². The van der Waals surface area contributed by atoms with Gasteiger partial charge in [-0.05, 0) is 29.5 Å². The molecule has 1 aromatic carbocycles. The van der Waals surface area contributed by atoms with E-state index in [0.717, 1.165) is 10.9 Å². The molecule has 2 N–H and O–H groups in total. The van der Waals surface area contributed by atoms with E-state index in [1.165, 1.54) is 17.4 Å². The molecule has 0 aliphatic carbocycles. The summed E-state index contributed by atoms with van der Waals surface area (Å²) >= 11 is 1.53. The van der Waals surface area contributed by atoms with Gasteiger partial charge < -0.3 is 5.73 Å². The molecular weight excluding hydrogens is 271 g/mol. The predicted molar refractivity (Wildman–Crippen MR) is 70.7 cm³/mol. The van der Waals surface area contributed by atoms with Crippen LogP contribution in [0.15, 0.2) is 29.6 Å². The van der Waals surface area contributed by atoms with Gasteiger partial charge in [-0.2, -0.15) is 0 Å². The van der Waals surface area contributed by atoms with Crippen molar-refractivity contribution in [3.05, 3.63) is 57.5 Å². The minimum absolute atomic E-state index is 0.113. The summed E-state index contributed by atoms with van der Waals surface area (Å²) in [6.07, 6.45) is 0.489. The third-order valence-corrected chi connectivity index (χ3v) is 4.16. The van der Waals surface area contributed by atoms with Crippen molar-refractivity contribution in [2.24, 2.45) is 5.73 Å². The highest BCUT2D eigenvalue weighted by molar-refractivity contribution is 7.09. The summed E-state index contributed by atoms with van der Waals surface area (Å²) in [4.78, 5) is 1.03. The minimum atomic E-state index is -1.44. The van der Waals surface area contributed by atoms with Gasteiger partial charge >= 0.3 is 0 Å². The van der Waals surface area contributed by atoms with Crippen LogP contribution >= 0.6 is 11.3 Å². The van der Waals surface area contributed by atoms with Crippen molar-refractivity contribution in [2.75, 3.05) is 6.54 Å². The van der Waals surface area contributed by atoms with E-state index in [4.69, 9.17) is 5.73 Å². The number of hydrogen-bond donors (Lipinski definition) is 1. The highest BCUT2D eigenvalue weighted by Gasteiger charge is 2.31. The van der Waals surface area contributed by atoms with Gasteiger partial charge in [0.05, 0.1) is 0 Å². The van der Waals surface area contributed by atoms with Crippen LogP contribution in [0.2, 0.25) is 0 Å². The van der Waals surface area contributed by atoms with Crippen LogP contribution in [-0.2, 0) is 11.8 Å². The lowest BCUT2D eigenvalue weighted by molar-refractivity contribution is 0.403. The van der Waals surface area contributed by atoms with Crippen LogP contribution in [0.4, 0.5) is 13.2 Å². The Bertz CT molecular complexity index is 568. The standard InChI is InChI=1S/C14H14F3NS/c1-14(8-18,7-9-3-2-6-19-9)10-4-5-11(15)13(17)12(10)16/h2-6H,7-8,18H2,1H3. The summed E-state index contributed by atoms with van der Waals surface area (Å²) in [5.41, 5.74) is 5.09. The van der Waals surface area contributed by atoms with Crippen molar-refractivity contribution in [3.63, 3.8) is 0 Å². The van der Waals surface area contributed by atoms with E-state index in [-0.39, 0.29) is 12.1 Å². The molecule has 0 bridgehead atoms. The molecule has 0 aliphatic heterocycles. The van der Waals surface area contributed by atoms with Crippen LogP contribution in [-0.4, -0.2) is 6.54 Å². The van der Waals surface area contributed by atoms with Crippen LogP contribution < -0.4 is 5.73 Å². The number of rotatable bonds is 4. The first-order valence-corrected chi connectivity index (χ1v) is 6.72. The van der Waals surface area contributed by atoms with Crippen LogP contribution in [0.1, 0.15) is 17.4 Å². The Morgan fingerprint density at radius 3 is 2.47 bits per heavy atom. The second-order valence-electron chi connectivity index (χ2n) is 4.74. The Morgan fingerprint density at radius 2 is 1.89 bits per heavy atom. The zero-order chi connectivity index (χ0) is 14.0. The molecule has 0 amide bonds. The molecule has 0 aliphatic rings. The van der Waals surface area contributed by atoms with E-state index in [1.54, 1.807) is 6.92 Å². The fourth-order valence-electron chi connectivity index (χ4n) is 2.07. The van der Waals surface area contributed by atoms with Gasteiger partial charge in [0.15, 0.2) is 17.5 Å². The second kappa shape index (κ2) is 5.35. The maximum Gasteiger partial charge on any atom is 0.194 e. The Morgan fingerprint density at radius 1 is 1.16 bits per heavy atom. The van der Waals surface area contributed by atoms with Gasteiger partial charge in [0, 0.05) is 16.8 Å². The van der Waals surface area contributed by atoms with E-state index in [9.17, 15) is 13.2 Å². The molecule has 0 radical (unpaired) electrons. The molecule has 2 rings (SSSR count). The zero-order valence-electron chi connectivity index (χ0n) is 10.4. The van der Waals surface area contributed by atoms with Crippen LogP contribution in [0.5, 0.6) is 0 Å². The van der Waals surface area contributed by atoms with Crippen LogP contribution in [0.25, 0.3) is 0 Å². The fourth-order valence-corrected chi connectivity index (χ4v) is 2.96. The molecule has 0 fully saturated rings. The quantitative estimate of drug-likeness (QED) is 0.853. The van der Waals surface area contributed by atoms with Crippen LogP contribution in [0.3, 0.4) is 0 Å². The van der Waals surface area contributed by atoms with Crippen molar-refractivity contribution in [3.8, 4) is 0 Å². The number of thiophene rings is 1. The Kier molecular flexibility index (Phi) is 3.96. The van der Waals surface area contributed by atoms with E-state index in [0.29, 0.717) is 6.42 Å². The molecule has 1 aromatic heterocycles. The average Bonchev–Trinajstić information content (AvgIpc) is 2.88. The first-order chi connectivity index (χ1) is 8.98. The minimum Gasteiger partial charge on any atom is -0.330 e. The molecular formula is C14H14F3NS. The molecule has 2 aromatic rings. The maximum atomic E-state index is 13.9. The molecule has 5 heteroatoms. The highest BCUT2D eigenvalue weighted by Crippen LogP contribution is 2.32. The SMILES string of the molecule is CC(CN)(Cc1cccs1)c1ccc(F)c(F)c1F. The van der Waals surface area contributed by atoms with Crippen molar-refractivity contribution in [1.29, 1.82) is 0 Å². The monoisotopic (exact) mass is 285 g/mol. The fraction of sp³-hybridized carbons (Fsp3) is 0.286. The molecule has 19 heavy (non-hydrogen) atoms. The van der Waals surface area contributed by atoms with Crippen molar-refractivity contribution in [2.45, 2.75) is 18.8 Å². The smallest absolute Gasteiger partial charge is 0.194 e. The number of halogens is 3.